The molecule has 0 spiro atoms. The first-order chi connectivity index (χ1) is 13.0. The van der Waals surface area contributed by atoms with Crippen LogP contribution in [-0.2, 0) is 23.2 Å². The Morgan fingerprint density at radius 3 is 1.52 bits per heavy atom. The molecule has 0 aliphatic carbocycles. The molecule has 1 N–H and O–H groups in total. The zero-order valence-electron chi connectivity index (χ0n) is 15.0. The van der Waals surface area contributed by atoms with Crippen LogP contribution in [0.5, 0.6) is 0 Å². The molecule has 0 bridgehead atoms. The zero-order chi connectivity index (χ0) is 19.1. The number of hydrogen-bond donors (Lipinski definition) is 1. The van der Waals surface area contributed by atoms with Gasteiger partial charge in [0.1, 0.15) is 5.25 Å². The smallest absolute Gasteiger partial charge is 0.273 e. The second-order valence-corrected chi connectivity index (χ2v) is 8.15. The fourth-order valence-electron chi connectivity index (χ4n) is 3.14. The van der Waals surface area contributed by atoms with Crippen molar-refractivity contribution in [3.05, 3.63) is 108 Å². The van der Waals surface area contributed by atoms with E-state index in [2.05, 4.69) is 4.90 Å². The summed E-state index contributed by atoms with van der Waals surface area (Å²) in [5.41, 5.74) is 2.78. The average molecular weight is 381 g/mol. The van der Waals surface area contributed by atoms with Gasteiger partial charge in [0, 0.05) is 19.6 Å². The summed E-state index contributed by atoms with van der Waals surface area (Å²) in [6.45, 7) is 1.38. The van der Waals surface area contributed by atoms with Crippen molar-refractivity contribution in [1.29, 1.82) is 0 Å². The Balaban J connectivity index is 1.88. The summed E-state index contributed by atoms with van der Waals surface area (Å²) in [6.07, 6.45) is 0. The summed E-state index contributed by atoms with van der Waals surface area (Å²) in [5, 5.41) is -0.994. The molecule has 27 heavy (non-hydrogen) atoms. The molecule has 3 aromatic rings. The van der Waals surface area contributed by atoms with Crippen molar-refractivity contribution in [3.8, 4) is 0 Å². The van der Waals surface area contributed by atoms with Crippen LogP contribution >= 0.6 is 0 Å². The van der Waals surface area contributed by atoms with Gasteiger partial charge in [-0.15, -0.1) is 0 Å². The van der Waals surface area contributed by atoms with Crippen molar-refractivity contribution in [3.63, 3.8) is 0 Å². The topological polar surface area (TPSA) is 57.6 Å². The fraction of sp³-hybridized carbons (Fsp3) is 0.182. The first kappa shape index (κ1) is 19.3. The highest BCUT2D eigenvalue weighted by Crippen LogP contribution is 2.24. The van der Waals surface area contributed by atoms with Gasteiger partial charge in [0.2, 0.25) is 0 Å². The minimum atomic E-state index is -4.24. The second-order valence-electron chi connectivity index (χ2n) is 6.56. The predicted molar refractivity (Wildman–Crippen MR) is 108 cm³/mol. The first-order valence-corrected chi connectivity index (χ1v) is 10.3. The van der Waals surface area contributed by atoms with Crippen LogP contribution in [0.25, 0.3) is 0 Å². The summed E-state index contributed by atoms with van der Waals surface area (Å²) < 4.78 is 34.1. The molecule has 0 saturated carbocycles. The van der Waals surface area contributed by atoms with Gasteiger partial charge in [0.25, 0.3) is 10.1 Å². The SMILES string of the molecule is O=S(=O)(O)C(CN(Cc1ccccc1)Cc1ccccc1)c1ccccc1. The third-order valence-corrected chi connectivity index (χ3v) is 5.59. The van der Waals surface area contributed by atoms with Crippen LogP contribution in [0.1, 0.15) is 21.9 Å². The molecule has 4 nitrogen and oxygen atoms in total. The Morgan fingerprint density at radius 1 is 0.704 bits per heavy atom. The highest BCUT2D eigenvalue weighted by atomic mass is 32.2. The molecule has 1 unspecified atom stereocenters. The van der Waals surface area contributed by atoms with Crippen molar-refractivity contribution in [1.82, 2.24) is 4.90 Å². The quantitative estimate of drug-likeness (QED) is 0.591. The zero-order valence-corrected chi connectivity index (χ0v) is 15.8. The number of nitrogens with zero attached hydrogens (tertiary/aromatic N) is 1. The van der Waals surface area contributed by atoms with Crippen molar-refractivity contribution in [2.75, 3.05) is 6.54 Å². The third kappa shape index (κ3) is 5.76. The van der Waals surface area contributed by atoms with Crippen LogP contribution in [0.2, 0.25) is 0 Å². The van der Waals surface area contributed by atoms with E-state index in [0.717, 1.165) is 11.1 Å². The molecular weight excluding hydrogens is 358 g/mol. The van der Waals surface area contributed by atoms with Crippen LogP contribution in [0, 0.1) is 0 Å². The fourth-order valence-corrected chi connectivity index (χ4v) is 4.04. The number of hydrogen-bond acceptors (Lipinski definition) is 3. The first-order valence-electron chi connectivity index (χ1n) is 8.84. The van der Waals surface area contributed by atoms with Gasteiger partial charge in [-0.3, -0.25) is 9.45 Å². The third-order valence-electron chi connectivity index (χ3n) is 4.45. The number of benzene rings is 3. The van der Waals surface area contributed by atoms with Gasteiger partial charge >= 0.3 is 0 Å². The molecule has 140 valence electrons. The maximum absolute atomic E-state index is 12.1. The lowest BCUT2D eigenvalue weighted by Crippen LogP contribution is -2.31. The Bertz CT molecular complexity index is 888. The lowest BCUT2D eigenvalue weighted by Gasteiger charge is -2.26. The largest absolute Gasteiger partial charge is 0.293 e. The minimum absolute atomic E-state index is 0.201. The molecule has 0 heterocycles. The van der Waals surface area contributed by atoms with Crippen LogP contribution < -0.4 is 0 Å². The normalized spacial score (nSPS) is 12.8. The highest BCUT2D eigenvalue weighted by Gasteiger charge is 2.27. The summed E-state index contributed by atoms with van der Waals surface area (Å²) in [4.78, 5) is 2.05. The second kappa shape index (κ2) is 8.95. The van der Waals surface area contributed by atoms with Gasteiger partial charge < -0.3 is 0 Å². The van der Waals surface area contributed by atoms with Gasteiger partial charge in [0.15, 0.2) is 0 Å². The van der Waals surface area contributed by atoms with E-state index < -0.39 is 15.4 Å². The standard InChI is InChI=1S/C22H23NO3S/c24-27(25,26)22(21-14-8-3-9-15-21)18-23(16-19-10-4-1-5-11-19)17-20-12-6-2-7-13-20/h1-15,22H,16-18H2,(H,24,25,26). The van der Waals surface area contributed by atoms with Crippen LogP contribution in [0.15, 0.2) is 91.0 Å². The lowest BCUT2D eigenvalue weighted by atomic mass is 10.1. The molecule has 1 atom stereocenters. The van der Waals surface area contributed by atoms with Crippen LogP contribution in [0.4, 0.5) is 0 Å². The van der Waals surface area contributed by atoms with Gasteiger partial charge in [0.05, 0.1) is 0 Å². The van der Waals surface area contributed by atoms with E-state index in [4.69, 9.17) is 0 Å². The van der Waals surface area contributed by atoms with Crippen LogP contribution in [-0.4, -0.2) is 24.4 Å². The highest BCUT2D eigenvalue weighted by molar-refractivity contribution is 7.86. The Morgan fingerprint density at radius 2 is 1.11 bits per heavy atom. The maximum Gasteiger partial charge on any atom is 0.273 e. The predicted octanol–water partition coefficient (Wildman–Crippen LogP) is 4.32. The molecule has 3 rings (SSSR count). The van der Waals surface area contributed by atoms with E-state index in [-0.39, 0.29) is 6.54 Å². The number of rotatable bonds is 8. The van der Waals surface area contributed by atoms with E-state index in [1.165, 1.54) is 0 Å². The molecule has 3 aromatic carbocycles. The van der Waals surface area contributed by atoms with E-state index >= 15 is 0 Å². The molecule has 0 aliphatic heterocycles. The summed E-state index contributed by atoms with van der Waals surface area (Å²) in [5.74, 6) is 0. The molecule has 0 saturated heterocycles. The summed E-state index contributed by atoms with van der Waals surface area (Å²) in [7, 11) is -4.24. The Hall–Kier alpha value is -2.47. The summed E-state index contributed by atoms with van der Waals surface area (Å²) in [6, 6.07) is 28.7. The van der Waals surface area contributed by atoms with Crippen molar-refractivity contribution < 1.29 is 13.0 Å². The molecule has 0 radical (unpaired) electrons. The van der Waals surface area contributed by atoms with E-state index in [1.807, 2.05) is 66.7 Å². The summed E-state index contributed by atoms with van der Waals surface area (Å²) >= 11 is 0. The lowest BCUT2D eigenvalue weighted by molar-refractivity contribution is 0.252. The molecule has 0 fully saturated rings. The molecule has 0 aromatic heterocycles. The van der Waals surface area contributed by atoms with Crippen molar-refractivity contribution in [2.45, 2.75) is 18.3 Å². The van der Waals surface area contributed by atoms with Crippen molar-refractivity contribution >= 4 is 10.1 Å². The van der Waals surface area contributed by atoms with Gasteiger partial charge in [-0.1, -0.05) is 91.0 Å². The molecular formula is C22H23NO3S. The van der Waals surface area contributed by atoms with E-state index in [1.54, 1.807) is 24.3 Å². The van der Waals surface area contributed by atoms with E-state index in [0.29, 0.717) is 18.7 Å². The van der Waals surface area contributed by atoms with Gasteiger partial charge in [-0.2, -0.15) is 8.42 Å². The monoisotopic (exact) mass is 381 g/mol. The van der Waals surface area contributed by atoms with Crippen LogP contribution in [0.3, 0.4) is 0 Å². The Kier molecular flexibility index (Phi) is 6.40. The molecule has 5 heteroatoms. The molecule has 0 aliphatic rings. The minimum Gasteiger partial charge on any atom is -0.293 e. The Labute approximate surface area is 160 Å². The van der Waals surface area contributed by atoms with Gasteiger partial charge in [-0.05, 0) is 16.7 Å². The average Bonchev–Trinajstić information content (AvgIpc) is 2.67. The maximum atomic E-state index is 12.1. The van der Waals surface area contributed by atoms with Crippen molar-refractivity contribution in [2.24, 2.45) is 0 Å². The van der Waals surface area contributed by atoms with Gasteiger partial charge in [-0.25, -0.2) is 0 Å². The molecule has 0 amide bonds. The van der Waals surface area contributed by atoms with E-state index in [9.17, 15) is 13.0 Å².